The Balaban J connectivity index is 1.99. The number of urea groups is 1. The summed E-state index contributed by atoms with van der Waals surface area (Å²) < 4.78 is 39.3. The molecule has 116 valence electrons. The highest BCUT2D eigenvalue weighted by molar-refractivity contribution is 5.89. The zero-order chi connectivity index (χ0) is 15.6. The van der Waals surface area contributed by atoms with Crippen LogP contribution in [0, 0.1) is 23.4 Å². The first-order valence-corrected chi connectivity index (χ1v) is 6.74. The number of rotatable bonds is 3. The quantitative estimate of drug-likeness (QED) is 0.844. The summed E-state index contributed by atoms with van der Waals surface area (Å²) in [4.78, 5) is 13.2. The number of amides is 2. The summed E-state index contributed by atoms with van der Waals surface area (Å²) in [6.07, 6.45) is 1.98. The number of carbonyl (C=O) groups is 1. The first-order valence-electron chi connectivity index (χ1n) is 6.74. The van der Waals surface area contributed by atoms with E-state index in [1.165, 1.54) is 11.9 Å². The molecule has 1 saturated carbocycles. The van der Waals surface area contributed by atoms with Gasteiger partial charge in [0.1, 0.15) is 0 Å². The number of aliphatic hydroxyl groups excluding tert-OH is 1. The molecule has 2 unspecified atom stereocenters. The molecule has 2 amide bonds. The second-order valence-corrected chi connectivity index (χ2v) is 5.29. The average molecular weight is 302 g/mol. The molecule has 2 rings (SSSR count). The van der Waals surface area contributed by atoms with Crippen molar-refractivity contribution in [2.24, 2.45) is 5.92 Å². The molecule has 4 nitrogen and oxygen atoms in total. The van der Waals surface area contributed by atoms with E-state index in [2.05, 4.69) is 5.32 Å². The fourth-order valence-corrected chi connectivity index (χ4v) is 2.50. The number of carbonyl (C=O) groups excluding carboxylic acids is 1. The Kier molecular flexibility index (Phi) is 4.72. The van der Waals surface area contributed by atoms with Gasteiger partial charge in [-0.1, -0.05) is 6.42 Å². The molecule has 2 N–H and O–H groups in total. The van der Waals surface area contributed by atoms with Crippen molar-refractivity contribution in [3.05, 3.63) is 29.6 Å². The largest absolute Gasteiger partial charge is 0.393 e. The SMILES string of the molecule is CN(CC1CCCC1O)C(=O)Nc1ccc(F)c(F)c1F. The van der Waals surface area contributed by atoms with Crippen molar-refractivity contribution in [2.75, 3.05) is 18.9 Å². The summed E-state index contributed by atoms with van der Waals surface area (Å²) in [5.41, 5.74) is -0.419. The highest BCUT2D eigenvalue weighted by Crippen LogP contribution is 2.26. The summed E-state index contributed by atoms with van der Waals surface area (Å²) in [5, 5.41) is 11.9. The van der Waals surface area contributed by atoms with Crippen molar-refractivity contribution in [3.63, 3.8) is 0 Å². The third-order valence-electron chi connectivity index (χ3n) is 3.75. The second kappa shape index (κ2) is 6.34. The Bertz CT molecular complexity index is 539. The lowest BCUT2D eigenvalue weighted by Crippen LogP contribution is -2.37. The number of aliphatic hydroxyl groups is 1. The van der Waals surface area contributed by atoms with Crippen LogP contribution in [0.25, 0.3) is 0 Å². The fraction of sp³-hybridized carbons (Fsp3) is 0.500. The molecule has 0 heterocycles. The van der Waals surface area contributed by atoms with E-state index in [1.54, 1.807) is 0 Å². The van der Waals surface area contributed by atoms with Gasteiger partial charge in [-0.2, -0.15) is 0 Å². The van der Waals surface area contributed by atoms with E-state index >= 15 is 0 Å². The van der Waals surface area contributed by atoms with Gasteiger partial charge in [0.25, 0.3) is 0 Å². The first kappa shape index (κ1) is 15.6. The van der Waals surface area contributed by atoms with Crippen molar-refractivity contribution in [3.8, 4) is 0 Å². The summed E-state index contributed by atoms with van der Waals surface area (Å²) in [7, 11) is 1.50. The van der Waals surface area contributed by atoms with Crippen LogP contribution < -0.4 is 5.32 Å². The maximum atomic E-state index is 13.5. The molecule has 2 atom stereocenters. The Hall–Kier alpha value is -1.76. The molecule has 0 saturated heterocycles. The molecule has 0 radical (unpaired) electrons. The van der Waals surface area contributed by atoms with E-state index in [9.17, 15) is 23.1 Å². The minimum Gasteiger partial charge on any atom is -0.393 e. The van der Waals surface area contributed by atoms with Gasteiger partial charge in [-0.05, 0) is 25.0 Å². The van der Waals surface area contributed by atoms with E-state index in [4.69, 9.17) is 0 Å². The predicted octanol–water partition coefficient (Wildman–Crippen LogP) is 2.73. The van der Waals surface area contributed by atoms with Crippen LogP contribution in [-0.2, 0) is 0 Å². The number of nitrogens with zero attached hydrogens (tertiary/aromatic N) is 1. The lowest BCUT2D eigenvalue weighted by molar-refractivity contribution is 0.116. The highest BCUT2D eigenvalue weighted by Gasteiger charge is 2.27. The summed E-state index contributed by atoms with van der Waals surface area (Å²) in [6, 6.07) is 1.07. The van der Waals surface area contributed by atoms with E-state index < -0.39 is 35.3 Å². The lowest BCUT2D eigenvalue weighted by atomic mass is 10.1. The smallest absolute Gasteiger partial charge is 0.321 e. The topological polar surface area (TPSA) is 52.6 Å². The molecule has 0 aromatic heterocycles. The van der Waals surface area contributed by atoms with Crippen molar-refractivity contribution in [1.29, 1.82) is 0 Å². The Morgan fingerprint density at radius 3 is 2.67 bits per heavy atom. The molecule has 0 bridgehead atoms. The van der Waals surface area contributed by atoms with Crippen LogP contribution in [0.5, 0.6) is 0 Å². The average Bonchev–Trinajstić information content (AvgIpc) is 2.85. The van der Waals surface area contributed by atoms with Crippen molar-refractivity contribution >= 4 is 11.7 Å². The Labute approximate surface area is 120 Å². The summed E-state index contributed by atoms with van der Waals surface area (Å²) >= 11 is 0. The normalized spacial score (nSPS) is 21.4. The van der Waals surface area contributed by atoms with Crippen LogP contribution in [-0.4, -0.2) is 35.7 Å². The monoisotopic (exact) mass is 302 g/mol. The number of halogens is 3. The van der Waals surface area contributed by atoms with E-state index in [0.29, 0.717) is 13.0 Å². The first-order chi connectivity index (χ1) is 9.90. The maximum Gasteiger partial charge on any atom is 0.321 e. The molecular weight excluding hydrogens is 285 g/mol. The van der Waals surface area contributed by atoms with Gasteiger partial charge in [0.15, 0.2) is 17.5 Å². The van der Waals surface area contributed by atoms with Gasteiger partial charge in [0, 0.05) is 19.5 Å². The van der Waals surface area contributed by atoms with Crippen LogP contribution >= 0.6 is 0 Å². The standard InChI is InChI=1S/C14H17F3N2O2/c1-19(7-8-3-2-4-11(8)20)14(21)18-10-6-5-9(15)12(16)13(10)17/h5-6,8,11,20H,2-4,7H2,1H3,(H,18,21). The fourth-order valence-electron chi connectivity index (χ4n) is 2.50. The maximum absolute atomic E-state index is 13.5. The van der Waals surface area contributed by atoms with Crippen LogP contribution in [0.1, 0.15) is 19.3 Å². The second-order valence-electron chi connectivity index (χ2n) is 5.29. The third-order valence-corrected chi connectivity index (χ3v) is 3.75. The van der Waals surface area contributed by atoms with Gasteiger partial charge in [-0.25, -0.2) is 18.0 Å². The van der Waals surface area contributed by atoms with Gasteiger partial charge < -0.3 is 15.3 Å². The van der Waals surface area contributed by atoms with E-state index in [1.807, 2.05) is 0 Å². The Morgan fingerprint density at radius 2 is 2.05 bits per heavy atom. The molecule has 1 aliphatic carbocycles. The molecule has 1 fully saturated rings. The number of anilines is 1. The van der Waals surface area contributed by atoms with Crippen LogP contribution in [0.4, 0.5) is 23.7 Å². The molecule has 1 aromatic carbocycles. The van der Waals surface area contributed by atoms with Gasteiger partial charge >= 0.3 is 6.03 Å². The summed E-state index contributed by atoms with van der Waals surface area (Å²) in [5.74, 6) is -4.39. The predicted molar refractivity (Wildman–Crippen MR) is 71.3 cm³/mol. The molecule has 7 heteroatoms. The van der Waals surface area contributed by atoms with Crippen LogP contribution in [0.2, 0.25) is 0 Å². The van der Waals surface area contributed by atoms with E-state index in [0.717, 1.165) is 25.0 Å². The molecular formula is C14H17F3N2O2. The number of benzene rings is 1. The van der Waals surface area contributed by atoms with Gasteiger partial charge in [0.2, 0.25) is 0 Å². The summed E-state index contributed by atoms with van der Waals surface area (Å²) in [6.45, 7) is 0.318. The number of hydrogen-bond donors (Lipinski definition) is 2. The van der Waals surface area contributed by atoms with Crippen LogP contribution in [0.3, 0.4) is 0 Å². The van der Waals surface area contributed by atoms with Crippen LogP contribution in [0.15, 0.2) is 12.1 Å². The van der Waals surface area contributed by atoms with Crippen molar-refractivity contribution in [2.45, 2.75) is 25.4 Å². The van der Waals surface area contributed by atoms with E-state index in [-0.39, 0.29) is 5.92 Å². The molecule has 1 aromatic rings. The van der Waals surface area contributed by atoms with Gasteiger partial charge in [-0.15, -0.1) is 0 Å². The molecule has 0 aliphatic heterocycles. The van der Waals surface area contributed by atoms with Crippen molar-refractivity contribution < 1.29 is 23.1 Å². The van der Waals surface area contributed by atoms with Gasteiger partial charge in [-0.3, -0.25) is 0 Å². The molecule has 0 spiro atoms. The Morgan fingerprint density at radius 1 is 1.33 bits per heavy atom. The number of hydrogen-bond acceptors (Lipinski definition) is 2. The third kappa shape index (κ3) is 3.47. The number of nitrogens with one attached hydrogen (secondary N) is 1. The van der Waals surface area contributed by atoms with Crippen molar-refractivity contribution in [1.82, 2.24) is 4.90 Å². The molecule has 1 aliphatic rings. The highest BCUT2D eigenvalue weighted by atomic mass is 19.2. The zero-order valence-electron chi connectivity index (χ0n) is 11.6. The van der Waals surface area contributed by atoms with Gasteiger partial charge in [0.05, 0.1) is 11.8 Å². The minimum absolute atomic E-state index is 0.0180. The molecule has 21 heavy (non-hydrogen) atoms. The lowest BCUT2D eigenvalue weighted by Gasteiger charge is -2.23. The minimum atomic E-state index is -1.62. The zero-order valence-corrected chi connectivity index (χ0v) is 11.6.